The molecule has 2 saturated heterocycles. The minimum Gasteiger partial charge on any atom is -0.353 e. The molecule has 2 amide bonds. The van der Waals surface area contributed by atoms with Crippen LogP contribution in [0.15, 0.2) is 0 Å². The van der Waals surface area contributed by atoms with Crippen LogP contribution in [0.1, 0.15) is 19.8 Å². The molecule has 0 aromatic heterocycles. The highest BCUT2D eigenvalue weighted by Crippen LogP contribution is 2.13. The van der Waals surface area contributed by atoms with Crippen molar-refractivity contribution >= 4 is 31.9 Å². The highest BCUT2D eigenvalue weighted by molar-refractivity contribution is 7.89. The minimum absolute atomic E-state index is 0.0739. The number of likely N-dealkylation sites (N-methyl/N-ethyl adjacent to an activating group) is 1. The molecule has 2 rings (SSSR count). The average molecular weight is 454 g/mol. The number of amides is 2. The van der Waals surface area contributed by atoms with Crippen molar-refractivity contribution in [2.75, 3.05) is 64.4 Å². The Morgan fingerprint density at radius 2 is 1.86 bits per heavy atom. The van der Waals surface area contributed by atoms with Crippen molar-refractivity contribution in [1.29, 1.82) is 0 Å². The minimum atomic E-state index is -3.44. The molecule has 13 heteroatoms. The van der Waals surface area contributed by atoms with Gasteiger partial charge in [-0.1, -0.05) is 0 Å². The molecule has 0 aromatic rings. The van der Waals surface area contributed by atoms with Crippen molar-refractivity contribution in [3.63, 3.8) is 0 Å². The standard InChI is InChI=1S/C16H31N5O6S2/c1-3-28(24,25)18-11-16(23)20-8-7-19(2)14(12-20)10-17-15(22)13-21-6-4-5-9-29(21,26)27/h14,18H,3-13H2,1-2H3,(H,17,22). The van der Waals surface area contributed by atoms with Crippen molar-refractivity contribution in [3.8, 4) is 0 Å². The van der Waals surface area contributed by atoms with Gasteiger partial charge in [-0.2, -0.15) is 4.31 Å². The zero-order chi connectivity index (χ0) is 21.7. The Labute approximate surface area is 172 Å². The molecule has 2 N–H and O–H groups in total. The van der Waals surface area contributed by atoms with E-state index in [2.05, 4.69) is 10.0 Å². The molecule has 0 aliphatic carbocycles. The van der Waals surface area contributed by atoms with Gasteiger partial charge in [0, 0.05) is 38.8 Å². The van der Waals surface area contributed by atoms with E-state index < -0.39 is 20.0 Å². The van der Waals surface area contributed by atoms with Gasteiger partial charge in [0.25, 0.3) is 0 Å². The fourth-order valence-corrected chi connectivity index (χ4v) is 5.34. The van der Waals surface area contributed by atoms with Crippen LogP contribution in [0, 0.1) is 0 Å². The van der Waals surface area contributed by atoms with Crippen molar-refractivity contribution in [2.45, 2.75) is 25.8 Å². The Kier molecular flexibility index (Phi) is 8.40. The van der Waals surface area contributed by atoms with Gasteiger partial charge >= 0.3 is 0 Å². The quantitative estimate of drug-likeness (QED) is 0.418. The third kappa shape index (κ3) is 7.17. The van der Waals surface area contributed by atoms with E-state index in [0.717, 1.165) is 6.42 Å². The second-order valence-electron chi connectivity index (χ2n) is 7.36. The number of hydrogen-bond donors (Lipinski definition) is 2. The molecule has 11 nitrogen and oxygen atoms in total. The Morgan fingerprint density at radius 1 is 1.14 bits per heavy atom. The van der Waals surface area contributed by atoms with Crippen LogP contribution in [-0.4, -0.2) is 113 Å². The summed E-state index contributed by atoms with van der Waals surface area (Å²) in [5.74, 6) is -0.705. The van der Waals surface area contributed by atoms with Crippen LogP contribution < -0.4 is 10.0 Å². The molecular formula is C16H31N5O6S2. The molecule has 1 unspecified atom stereocenters. The zero-order valence-electron chi connectivity index (χ0n) is 17.0. The third-order valence-corrected chi connectivity index (χ3v) is 8.51. The SMILES string of the molecule is CCS(=O)(=O)NCC(=O)N1CCN(C)C(CNC(=O)CN2CCCCS2(=O)=O)C1. The average Bonchev–Trinajstić information content (AvgIpc) is 2.67. The van der Waals surface area contributed by atoms with Gasteiger partial charge in [-0.05, 0) is 26.8 Å². The van der Waals surface area contributed by atoms with Gasteiger partial charge in [-0.3, -0.25) is 14.5 Å². The van der Waals surface area contributed by atoms with E-state index in [4.69, 9.17) is 0 Å². The first kappa shape index (κ1) is 24.0. The summed E-state index contributed by atoms with van der Waals surface area (Å²) in [4.78, 5) is 28.1. The number of sulfonamides is 2. The van der Waals surface area contributed by atoms with Crippen LogP contribution in [0.3, 0.4) is 0 Å². The molecular weight excluding hydrogens is 422 g/mol. The summed E-state index contributed by atoms with van der Waals surface area (Å²) in [5.41, 5.74) is 0. The lowest BCUT2D eigenvalue weighted by Crippen LogP contribution is -2.58. The van der Waals surface area contributed by atoms with Gasteiger partial charge in [0.2, 0.25) is 31.9 Å². The molecule has 2 heterocycles. The molecule has 0 bridgehead atoms. The Balaban J connectivity index is 1.83. The van der Waals surface area contributed by atoms with Crippen molar-refractivity contribution in [1.82, 2.24) is 24.1 Å². The Bertz CT molecular complexity index is 801. The Morgan fingerprint density at radius 3 is 2.52 bits per heavy atom. The van der Waals surface area contributed by atoms with Crippen LogP contribution in [0.4, 0.5) is 0 Å². The van der Waals surface area contributed by atoms with E-state index in [-0.39, 0.29) is 49.0 Å². The molecule has 0 radical (unpaired) electrons. The maximum absolute atomic E-state index is 12.3. The predicted octanol–water partition coefficient (Wildman–Crippen LogP) is -2.39. The van der Waals surface area contributed by atoms with E-state index in [1.807, 2.05) is 11.9 Å². The van der Waals surface area contributed by atoms with Crippen LogP contribution >= 0.6 is 0 Å². The van der Waals surface area contributed by atoms with Gasteiger partial charge in [0.05, 0.1) is 24.6 Å². The maximum atomic E-state index is 12.3. The van der Waals surface area contributed by atoms with Gasteiger partial charge in [-0.25, -0.2) is 21.6 Å². The molecule has 0 spiro atoms. The lowest BCUT2D eigenvalue weighted by atomic mass is 10.1. The first-order chi connectivity index (χ1) is 13.5. The number of carbonyl (C=O) groups is 2. The summed E-state index contributed by atoms with van der Waals surface area (Å²) < 4.78 is 50.5. The number of hydrogen-bond acceptors (Lipinski definition) is 7. The Hall–Kier alpha value is -1.28. The van der Waals surface area contributed by atoms with E-state index in [1.165, 1.54) is 11.2 Å². The fourth-order valence-electron chi connectivity index (χ4n) is 3.24. The summed E-state index contributed by atoms with van der Waals surface area (Å²) in [6.45, 7) is 3.06. The van der Waals surface area contributed by atoms with Gasteiger partial charge in [0.1, 0.15) is 0 Å². The summed E-state index contributed by atoms with van der Waals surface area (Å²) in [6.07, 6.45) is 1.36. The first-order valence-electron chi connectivity index (χ1n) is 9.74. The zero-order valence-corrected chi connectivity index (χ0v) is 18.6. The number of rotatable bonds is 8. The van der Waals surface area contributed by atoms with Gasteiger partial charge < -0.3 is 10.2 Å². The summed E-state index contributed by atoms with van der Waals surface area (Å²) in [5, 5.41) is 2.76. The third-order valence-electron chi connectivity index (χ3n) is 5.26. The molecule has 2 aliphatic heterocycles. The number of nitrogens with one attached hydrogen (secondary N) is 2. The number of carbonyl (C=O) groups excluding carboxylic acids is 2. The molecule has 0 aromatic carbocycles. The number of nitrogens with zero attached hydrogens (tertiary/aromatic N) is 3. The van der Waals surface area contributed by atoms with E-state index >= 15 is 0 Å². The maximum Gasteiger partial charge on any atom is 0.237 e. The van der Waals surface area contributed by atoms with Crippen LogP contribution in [-0.2, 0) is 29.6 Å². The van der Waals surface area contributed by atoms with Crippen LogP contribution in [0.2, 0.25) is 0 Å². The lowest BCUT2D eigenvalue weighted by Gasteiger charge is -2.39. The van der Waals surface area contributed by atoms with Crippen molar-refractivity contribution in [3.05, 3.63) is 0 Å². The van der Waals surface area contributed by atoms with E-state index in [0.29, 0.717) is 32.6 Å². The summed E-state index contributed by atoms with van der Waals surface area (Å²) in [7, 11) is -4.92. The molecule has 29 heavy (non-hydrogen) atoms. The summed E-state index contributed by atoms with van der Waals surface area (Å²) >= 11 is 0. The topological polar surface area (TPSA) is 136 Å². The summed E-state index contributed by atoms with van der Waals surface area (Å²) in [6, 6.07) is -0.141. The van der Waals surface area contributed by atoms with Gasteiger partial charge in [-0.15, -0.1) is 0 Å². The van der Waals surface area contributed by atoms with Crippen molar-refractivity contribution in [2.24, 2.45) is 0 Å². The highest BCUT2D eigenvalue weighted by atomic mass is 32.2. The molecule has 1 atom stereocenters. The van der Waals surface area contributed by atoms with Gasteiger partial charge in [0.15, 0.2) is 0 Å². The molecule has 168 valence electrons. The fraction of sp³-hybridized carbons (Fsp3) is 0.875. The van der Waals surface area contributed by atoms with E-state index in [1.54, 1.807) is 4.90 Å². The highest BCUT2D eigenvalue weighted by Gasteiger charge is 2.30. The number of piperazine rings is 1. The molecule has 2 fully saturated rings. The van der Waals surface area contributed by atoms with E-state index in [9.17, 15) is 26.4 Å². The normalized spacial score (nSPS) is 23.7. The first-order valence-corrected chi connectivity index (χ1v) is 13.0. The largest absolute Gasteiger partial charge is 0.353 e. The second kappa shape index (κ2) is 10.2. The lowest BCUT2D eigenvalue weighted by molar-refractivity contribution is -0.132. The van der Waals surface area contributed by atoms with Crippen molar-refractivity contribution < 1.29 is 26.4 Å². The van der Waals surface area contributed by atoms with Crippen LogP contribution in [0.5, 0.6) is 0 Å². The second-order valence-corrected chi connectivity index (χ2v) is 11.5. The molecule has 2 aliphatic rings. The smallest absolute Gasteiger partial charge is 0.237 e. The molecule has 0 saturated carbocycles. The predicted molar refractivity (Wildman–Crippen MR) is 108 cm³/mol. The van der Waals surface area contributed by atoms with Crippen LogP contribution in [0.25, 0.3) is 0 Å². The monoisotopic (exact) mass is 453 g/mol.